The number of aliphatic hydroxyl groups excluding tert-OH is 2. The molecular formula is C27H26N2O10. The summed E-state index contributed by atoms with van der Waals surface area (Å²) in [6, 6.07) is 8.85. The molecule has 2 amide bonds. The number of ketones is 2. The van der Waals surface area contributed by atoms with Crippen LogP contribution in [-0.2, 0) is 16.0 Å². The Morgan fingerprint density at radius 3 is 2.36 bits per heavy atom. The van der Waals surface area contributed by atoms with Crippen LogP contribution < -0.4 is 20.5 Å². The van der Waals surface area contributed by atoms with Gasteiger partial charge in [0, 0.05) is 17.2 Å². The molecule has 12 heteroatoms. The third-order valence-corrected chi connectivity index (χ3v) is 7.78. The summed E-state index contributed by atoms with van der Waals surface area (Å²) >= 11 is 0. The number of amides is 2. The van der Waals surface area contributed by atoms with Crippen molar-refractivity contribution in [3.63, 3.8) is 0 Å². The highest BCUT2D eigenvalue weighted by molar-refractivity contribution is 6.16. The van der Waals surface area contributed by atoms with Gasteiger partial charge in [0.1, 0.15) is 28.9 Å². The third-order valence-electron chi connectivity index (χ3n) is 7.78. The number of Topliss-reactive ketones (excluding diaryl/α,β-unsaturated/α-hetero) is 2. The van der Waals surface area contributed by atoms with Crippen LogP contribution in [0.4, 0.5) is 10.5 Å². The lowest BCUT2D eigenvalue weighted by molar-refractivity contribution is -0.167. The molecule has 2 aromatic rings. The number of anilines is 1. The molecule has 204 valence electrons. The number of phenolic OH excluding ortho intramolecular Hbond substituents is 1. The van der Waals surface area contributed by atoms with Crippen LogP contribution >= 0.6 is 0 Å². The third kappa shape index (κ3) is 4.08. The number of carbonyl (C=O) groups is 4. The number of methoxy groups -OCH3 is 1. The van der Waals surface area contributed by atoms with Gasteiger partial charge in [-0.2, -0.15) is 0 Å². The lowest BCUT2D eigenvalue weighted by Crippen LogP contribution is -2.63. The van der Waals surface area contributed by atoms with Crippen molar-refractivity contribution in [3.8, 4) is 17.2 Å². The van der Waals surface area contributed by atoms with E-state index in [1.807, 2.05) is 0 Å². The minimum absolute atomic E-state index is 0.000740. The Hall–Kier alpha value is -4.42. The fourth-order valence-electron chi connectivity index (χ4n) is 5.93. The van der Waals surface area contributed by atoms with Crippen molar-refractivity contribution in [2.24, 2.45) is 23.5 Å². The average molecular weight is 539 g/mol. The van der Waals surface area contributed by atoms with Gasteiger partial charge in [0.25, 0.3) is 0 Å². The van der Waals surface area contributed by atoms with Crippen molar-refractivity contribution in [1.29, 1.82) is 0 Å². The Morgan fingerprint density at radius 2 is 1.72 bits per heavy atom. The molecule has 0 radical (unpaired) electrons. The van der Waals surface area contributed by atoms with Crippen LogP contribution in [0.1, 0.15) is 28.8 Å². The van der Waals surface area contributed by atoms with Crippen molar-refractivity contribution in [2.75, 3.05) is 12.4 Å². The van der Waals surface area contributed by atoms with Crippen LogP contribution in [0.5, 0.6) is 17.2 Å². The second-order valence-corrected chi connectivity index (χ2v) is 9.91. The number of aliphatic hydroxyl groups is 3. The quantitative estimate of drug-likeness (QED) is 0.243. The van der Waals surface area contributed by atoms with Crippen LogP contribution in [-0.4, -0.2) is 62.8 Å². The zero-order chi connectivity index (χ0) is 28.2. The Labute approximate surface area is 221 Å². The molecule has 0 aliphatic heterocycles. The number of phenols is 1. The van der Waals surface area contributed by atoms with Gasteiger partial charge < -0.3 is 35.6 Å². The van der Waals surface area contributed by atoms with E-state index >= 15 is 0 Å². The van der Waals surface area contributed by atoms with E-state index in [0.717, 1.165) is 0 Å². The van der Waals surface area contributed by atoms with Crippen LogP contribution in [0, 0.1) is 17.8 Å². The number of nitrogens with two attached hydrogens (primary N) is 1. The molecule has 1 saturated carbocycles. The molecule has 7 N–H and O–H groups in total. The van der Waals surface area contributed by atoms with Crippen molar-refractivity contribution in [2.45, 2.75) is 31.0 Å². The molecule has 0 spiro atoms. The fraction of sp³-hybridized carbons (Fsp3) is 0.333. The summed E-state index contributed by atoms with van der Waals surface area (Å²) < 4.78 is 10.4. The maximum atomic E-state index is 13.6. The monoisotopic (exact) mass is 538 g/mol. The Kier molecular flexibility index (Phi) is 6.31. The highest BCUT2D eigenvalue weighted by atomic mass is 16.6. The topological polar surface area (TPSA) is 206 Å². The lowest BCUT2D eigenvalue weighted by atomic mass is 9.58. The van der Waals surface area contributed by atoms with Crippen LogP contribution in [0.3, 0.4) is 0 Å². The number of benzene rings is 2. The molecule has 12 nitrogen and oxygen atoms in total. The standard InChI is InChI=1S/C27H26N2O10/c1-38-13-2-4-14(5-3-13)39-26(36)29-16-6-7-17(30)20-15(16)9-11-8-12-10-18(31)21(25(28)35)24(34)27(12,37)23(33)19(11)22(20)32/h2-7,11-12,18,21,30-31,33,37H,8-10H2,1H3,(H2,28,35)(H,29,36)/t11-,12+,18?,21?,27+/m1/s1. The van der Waals surface area contributed by atoms with Crippen LogP contribution in [0.25, 0.3) is 0 Å². The number of allylic oxidation sites excluding steroid dienone is 1. The number of rotatable bonds is 4. The normalized spacial score (nSPS) is 27.7. The first-order chi connectivity index (χ1) is 18.5. The highest BCUT2D eigenvalue weighted by Crippen LogP contribution is 2.52. The van der Waals surface area contributed by atoms with E-state index in [-0.39, 0.29) is 47.4 Å². The van der Waals surface area contributed by atoms with Gasteiger partial charge in [-0.15, -0.1) is 0 Å². The van der Waals surface area contributed by atoms with Crippen LogP contribution in [0.15, 0.2) is 47.7 Å². The Morgan fingerprint density at radius 1 is 1.05 bits per heavy atom. The van der Waals surface area contributed by atoms with E-state index in [2.05, 4.69) is 5.32 Å². The van der Waals surface area contributed by atoms with Gasteiger partial charge in [-0.1, -0.05) is 0 Å². The second kappa shape index (κ2) is 9.40. The maximum Gasteiger partial charge on any atom is 0.417 e. The second-order valence-electron chi connectivity index (χ2n) is 9.91. The molecule has 5 atom stereocenters. The molecule has 39 heavy (non-hydrogen) atoms. The van der Waals surface area contributed by atoms with Gasteiger partial charge in [0.2, 0.25) is 5.91 Å². The van der Waals surface area contributed by atoms with Gasteiger partial charge in [0.15, 0.2) is 17.2 Å². The molecule has 0 heterocycles. The summed E-state index contributed by atoms with van der Waals surface area (Å²) in [5.41, 5.74) is 2.63. The predicted molar refractivity (Wildman–Crippen MR) is 133 cm³/mol. The lowest BCUT2D eigenvalue weighted by Gasteiger charge is -2.48. The highest BCUT2D eigenvalue weighted by Gasteiger charge is 2.62. The molecule has 5 rings (SSSR count). The molecule has 2 unspecified atom stereocenters. The molecule has 1 fully saturated rings. The predicted octanol–water partition coefficient (Wildman–Crippen LogP) is 1.36. The maximum absolute atomic E-state index is 13.6. The largest absolute Gasteiger partial charge is 0.508 e. The van der Waals surface area contributed by atoms with E-state index in [4.69, 9.17) is 15.2 Å². The summed E-state index contributed by atoms with van der Waals surface area (Å²) in [5, 5.41) is 45.9. The van der Waals surface area contributed by atoms with Gasteiger partial charge in [0.05, 0.1) is 18.8 Å². The van der Waals surface area contributed by atoms with E-state index in [1.54, 1.807) is 12.1 Å². The van der Waals surface area contributed by atoms with Gasteiger partial charge >= 0.3 is 6.09 Å². The molecule has 3 aliphatic carbocycles. The number of aromatic hydroxyl groups is 1. The van der Waals surface area contributed by atoms with E-state index < -0.39 is 64.5 Å². The minimum atomic E-state index is -2.59. The van der Waals surface area contributed by atoms with E-state index in [0.29, 0.717) is 5.75 Å². The molecule has 0 saturated heterocycles. The first kappa shape index (κ1) is 26.2. The van der Waals surface area contributed by atoms with E-state index in [1.165, 1.54) is 31.4 Å². The first-order valence-electron chi connectivity index (χ1n) is 12.2. The summed E-state index contributed by atoms with van der Waals surface area (Å²) in [6.45, 7) is 0. The summed E-state index contributed by atoms with van der Waals surface area (Å²) in [4.78, 5) is 51.1. The number of hydrogen-bond acceptors (Lipinski definition) is 10. The number of nitrogens with one attached hydrogen (secondary N) is 1. The van der Waals surface area contributed by atoms with Crippen molar-refractivity contribution >= 4 is 29.3 Å². The van der Waals surface area contributed by atoms with E-state index in [9.17, 15) is 39.6 Å². The molecule has 2 aromatic carbocycles. The summed E-state index contributed by atoms with van der Waals surface area (Å²) in [5.74, 6) is -7.21. The minimum Gasteiger partial charge on any atom is -0.508 e. The number of primary amides is 1. The summed E-state index contributed by atoms with van der Waals surface area (Å²) in [7, 11) is 1.50. The molecular weight excluding hydrogens is 512 g/mol. The number of fused-ring (bicyclic) bond motifs is 3. The van der Waals surface area contributed by atoms with Gasteiger partial charge in [-0.25, -0.2) is 4.79 Å². The number of carbonyl (C=O) groups excluding carboxylic acids is 4. The Bertz CT molecular complexity index is 1430. The SMILES string of the molecule is COc1ccc(OC(=O)Nc2ccc(O)c3c2C[C@H]2C[C@H]4CC(O)C(C(N)=O)C(=O)[C@@]4(O)C(O)=C2C3=O)cc1. The van der Waals surface area contributed by atoms with Crippen molar-refractivity contribution < 1.29 is 49.1 Å². The fourth-order valence-corrected chi connectivity index (χ4v) is 5.93. The van der Waals surface area contributed by atoms with Crippen molar-refractivity contribution in [1.82, 2.24) is 0 Å². The Balaban J connectivity index is 1.49. The summed E-state index contributed by atoms with van der Waals surface area (Å²) in [6.07, 6.45) is -2.50. The zero-order valence-electron chi connectivity index (χ0n) is 20.7. The first-order valence-corrected chi connectivity index (χ1v) is 12.2. The number of hydrogen-bond donors (Lipinski definition) is 6. The van der Waals surface area contributed by atoms with Crippen LogP contribution in [0.2, 0.25) is 0 Å². The molecule has 0 aromatic heterocycles. The average Bonchev–Trinajstić information content (AvgIpc) is 2.88. The van der Waals surface area contributed by atoms with Gasteiger partial charge in [-0.3, -0.25) is 19.7 Å². The number of ether oxygens (including phenoxy) is 2. The smallest absolute Gasteiger partial charge is 0.417 e. The van der Waals surface area contributed by atoms with Crippen molar-refractivity contribution in [3.05, 3.63) is 58.9 Å². The zero-order valence-corrected chi connectivity index (χ0v) is 20.7. The molecule has 3 aliphatic rings. The van der Waals surface area contributed by atoms with Gasteiger partial charge in [-0.05, 0) is 67.1 Å². The molecule has 0 bridgehead atoms.